The van der Waals surface area contributed by atoms with Gasteiger partial charge >= 0.3 is 0 Å². The van der Waals surface area contributed by atoms with Crippen LogP contribution >= 0.6 is 0 Å². The Morgan fingerprint density at radius 3 is 2.29 bits per heavy atom. The Balaban J connectivity index is 1.92. The van der Waals surface area contributed by atoms with Gasteiger partial charge in [0.05, 0.1) is 24.3 Å². The summed E-state index contributed by atoms with van der Waals surface area (Å²) >= 11 is 0. The van der Waals surface area contributed by atoms with Gasteiger partial charge in [-0.25, -0.2) is 4.98 Å². The summed E-state index contributed by atoms with van der Waals surface area (Å²) in [5, 5.41) is 4.53. The zero-order valence-corrected chi connectivity index (χ0v) is 13.4. The van der Waals surface area contributed by atoms with Gasteiger partial charge in [0.2, 0.25) is 0 Å². The molecule has 4 nitrogen and oxygen atoms in total. The number of rotatable bonds is 4. The summed E-state index contributed by atoms with van der Waals surface area (Å²) in [4.78, 5) is 4.24. The monoisotopic (exact) mass is 314 g/mol. The van der Waals surface area contributed by atoms with Crippen molar-refractivity contribution >= 4 is 0 Å². The molecule has 2 heterocycles. The van der Waals surface area contributed by atoms with Crippen LogP contribution in [-0.4, -0.2) is 19.3 Å². The summed E-state index contributed by atoms with van der Waals surface area (Å²) in [5.74, 6) is 0. The summed E-state index contributed by atoms with van der Waals surface area (Å²) < 4.78 is 4.07. The first-order chi connectivity index (χ1) is 11.8. The van der Waals surface area contributed by atoms with E-state index in [9.17, 15) is 0 Å². The fourth-order valence-electron chi connectivity index (χ4n) is 3.17. The van der Waals surface area contributed by atoms with Gasteiger partial charge in [0, 0.05) is 30.6 Å². The highest BCUT2D eigenvalue weighted by Crippen LogP contribution is 2.34. The Morgan fingerprint density at radius 1 is 0.917 bits per heavy atom. The van der Waals surface area contributed by atoms with E-state index >= 15 is 0 Å². The van der Waals surface area contributed by atoms with E-state index in [2.05, 4.69) is 63.2 Å². The minimum atomic E-state index is 0.0395. The molecule has 2 aromatic heterocycles. The van der Waals surface area contributed by atoms with Crippen LogP contribution in [0.25, 0.3) is 11.3 Å². The van der Waals surface area contributed by atoms with E-state index in [-0.39, 0.29) is 6.04 Å². The number of hydrogen-bond donors (Lipinski definition) is 0. The maximum atomic E-state index is 4.53. The molecule has 4 heteroatoms. The molecule has 0 radical (unpaired) electrons. The Kier molecular flexibility index (Phi) is 3.71. The van der Waals surface area contributed by atoms with Crippen LogP contribution in [-0.2, 0) is 7.05 Å². The molecule has 118 valence electrons. The molecule has 4 aromatic rings. The number of benzene rings is 2. The Hall–Kier alpha value is -3.14. The maximum absolute atomic E-state index is 4.53. The third-order valence-corrected chi connectivity index (χ3v) is 4.25. The van der Waals surface area contributed by atoms with Crippen molar-refractivity contribution in [3.8, 4) is 11.3 Å². The van der Waals surface area contributed by atoms with Crippen molar-refractivity contribution < 1.29 is 0 Å². The van der Waals surface area contributed by atoms with Gasteiger partial charge in [0.1, 0.15) is 0 Å². The molecular weight excluding hydrogens is 296 g/mol. The van der Waals surface area contributed by atoms with Gasteiger partial charge in [0.15, 0.2) is 0 Å². The first-order valence-electron chi connectivity index (χ1n) is 7.94. The lowest BCUT2D eigenvalue weighted by Gasteiger charge is -2.20. The zero-order chi connectivity index (χ0) is 16.4. The lowest BCUT2D eigenvalue weighted by atomic mass is 9.96. The number of nitrogens with zero attached hydrogens (tertiary/aromatic N) is 4. The van der Waals surface area contributed by atoms with Gasteiger partial charge in [-0.05, 0) is 5.56 Å². The second-order valence-corrected chi connectivity index (χ2v) is 5.76. The van der Waals surface area contributed by atoms with Gasteiger partial charge in [-0.1, -0.05) is 60.7 Å². The smallest absolute Gasteiger partial charge is 0.0954 e. The van der Waals surface area contributed by atoms with Crippen LogP contribution < -0.4 is 0 Å². The van der Waals surface area contributed by atoms with Crippen LogP contribution in [0.15, 0.2) is 85.6 Å². The van der Waals surface area contributed by atoms with Gasteiger partial charge < -0.3 is 4.57 Å². The molecule has 1 unspecified atom stereocenters. The van der Waals surface area contributed by atoms with Crippen LogP contribution in [0.2, 0.25) is 0 Å². The lowest BCUT2D eigenvalue weighted by molar-refractivity contribution is 0.677. The van der Waals surface area contributed by atoms with Gasteiger partial charge in [-0.3, -0.25) is 4.68 Å². The van der Waals surface area contributed by atoms with E-state index in [1.165, 1.54) is 5.56 Å². The normalized spacial score (nSPS) is 12.2. The molecule has 0 aliphatic heterocycles. The van der Waals surface area contributed by atoms with Crippen molar-refractivity contribution in [1.82, 2.24) is 19.3 Å². The van der Waals surface area contributed by atoms with Crippen molar-refractivity contribution in [3.63, 3.8) is 0 Å². The summed E-state index contributed by atoms with van der Waals surface area (Å²) in [5.41, 5.74) is 4.65. The minimum absolute atomic E-state index is 0.0395. The molecule has 24 heavy (non-hydrogen) atoms. The van der Waals surface area contributed by atoms with Crippen molar-refractivity contribution in [2.75, 3.05) is 0 Å². The van der Waals surface area contributed by atoms with Crippen molar-refractivity contribution in [1.29, 1.82) is 0 Å². The second kappa shape index (κ2) is 6.16. The lowest BCUT2D eigenvalue weighted by Crippen LogP contribution is -2.11. The molecular formula is C20H18N4. The van der Waals surface area contributed by atoms with E-state index in [1.807, 2.05) is 48.8 Å². The number of imidazole rings is 1. The second-order valence-electron chi connectivity index (χ2n) is 5.76. The van der Waals surface area contributed by atoms with E-state index < -0.39 is 0 Å². The number of aromatic nitrogens is 4. The largest absolute Gasteiger partial charge is 0.326 e. The predicted molar refractivity (Wildman–Crippen MR) is 94.6 cm³/mol. The molecule has 0 aliphatic carbocycles. The highest BCUT2D eigenvalue weighted by atomic mass is 15.3. The quantitative estimate of drug-likeness (QED) is 0.572. The van der Waals surface area contributed by atoms with Crippen molar-refractivity contribution in [3.05, 3.63) is 96.7 Å². The molecule has 0 fully saturated rings. The van der Waals surface area contributed by atoms with Gasteiger partial charge in [-0.2, -0.15) is 5.10 Å². The molecule has 0 amide bonds. The first kappa shape index (κ1) is 14.5. The standard InChI is InChI=1S/C20H18N4/c1-23-19(16-8-4-2-5-9-16)18(14-22-23)20(24-13-12-21-15-24)17-10-6-3-7-11-17/h2-15,20H,1H3. The summed E-state index contributed by atoms with van der Waals surface area (Å²) in [7, 11) is 1.99. The summed E-state index contributed by atoms with van der Waals surface area (Å²) in [6.07, 6.45) is 7.63. The van der Waals surface area contributed by atoms with E-state index in [0.717, 1.165) is 16.8 Å². The van der Waals surface area contributed by atoms with Crippen LogP contribution in [0.4, 0.5) is 0 Å². The molecule has 4 rings (SSSR count). The van der Waals surface area contributed by atoms with Crippen LogP contribution in [0.3, 0.4) is 0 Å². The third kappa shape index (κ3) is 2.52. The van der Waals surface area contributed by atoms with Gasteiger partial charge in [-0.15, -0.1) is 0 Å². The SMILES string of the molecule is Cn1ncc(C(c2ccccc2)n2ccnc2)c1-c1ccccc1. The Morgan fingerprint density at radius 2 is 1.62 bits per heavy atom. The number of aryl methyl sites for hydroxylation is 1. The minimum Gasteiger partial charge on any atom is -0.326 e. The molecule has 0 saturated heterocycles. The highest BCUT2D eigenvalue weighted by Gasteiger charge is 2.22. The molecule has 0 N–H and O–H groups in total. The van der Waals surface area contributed by atoms with Crippen molar-refractivity contribution in [2.45, 2.75) is 6.04 Å². The van der Waals surface area contributed by atoms with Crippen molar-refractivity contribution in [2.24, 2.45) is 7.05 Å². The van der Waals surface area contributed by atoms with E-state index in [0.29, 0.717) is 0 Å². The zero-order valence-electron chi connectivity index (χ0n) is 13.4. The molecule has 0 aliphatic rings. The average Bonchev–Trinajstić information content (AvgIpc) is 3.28. The predicted octanol–water partition coefficient (Wildman–Crippen LogP) is 3.92. The molecule has 2 aromatic carbocycles. The topological polar surface area (TPSA) is 35.6 Å². The fourth-order valence-corrected chi connectivity index (χ4v) is 3.17. The summed E-state index contributed by atoms with van der Waals surface area (Å²) in [6.45, 7) is 0. The Labute approximate surface area is 141 Å². The molecule has 1 atom stereocenters. The third-order valence-electron chi connectivity index (χ3n) is 4.25. The molecule has 0 saturated carbocycles. The highest BCUT2D eigenvalue weighted by molar-refractivity contribution is 5.65. The van der Waals surface area contributed by atoms with Crippen LogP contribution in [0.5, 0.6) is 0 Å². The Bertz CT molecular complexity index is 909. The van der Waals surface area contributed by atoms with E-state index in [1.54, 1.807) is 0 Å². The van der Waals surface area contributed by atoms with E-state index in [4.69, 9.17) is 0 Å². The average molecular weight is 314 g/mol. The van der Waals surface area contributed by atoms with Crippen LogP contribution in [0, 0.1) is 0 Å². The molecule has 0 bridgehead atoms. The van der Waals surface area contributed by atoms with Gasteiger partial charge in [0.25, 0.3) is 0 Å². The molecule has 0 spiro atoms. The van der Waals surface area contributed by atoms with Crippen LogP contribution in [0.1, 0.15) is 17.2 Å². The number of hydrogen-bond acceptors (Lipinski definition) is 2. The maximum Gasteiger partial charge on any atom is 0.0954 e. The fraction of sp³-hybridized carbons (Fsp3) is 0.100. The summed E-state index contributed by atoms with van der Waals surface area (Å²) in [6, 6.07) is 20.9. The first-order valence-corrected chi connectivity index (χ1v) is 7.94.